The van der Waals surface area contributed by atoms with Gasteiger partial charge in [-0.2, -0.15) is 4.98 Å². The SMILES string of the molecule is CCC(=O)OCCc1ccccc1-n1c(CC)nc2ccc(OC)nc21. The fourth-order valence-corrected chi connectivity index (χ4v) is 2.91. The number of hydrogen-bond donors (Lipinski definition) is 0. The first-order valence-electron chi connectivity index (χ1n) is 8.84. The summed E-state index contributed by atoms with van der Waals surface area (Å²) in [6, 6.07) is 11.8. The van der Waals surface area contributed by atoms with E-state index in [9.17, 15) is 4.79 Å². The second-order valence-electron chi connectivity index (χ2n) is 5.87. The lowest BCUT2D eigenvalue weighted by Crippen LogP contribution is -2.09. The Labute approximate surface area is 152 Å². The molecule has 0 bridgehead atoms. The van der Waals surface area contributed by atoms with Crippen molar-refractivity contribution in [3.63, 3.8) is 0 Å². The number of esters is 1. The third kappa shape index (κ3) is 3.54. The molecule has 0 atom stereocenters. The van der Waals surface area contributed by atoms with E-state index in [1.807, 2.05) is 36.4 Å². The lowest BCUT2D eigenvalue weighted by atomic mass is 10.1. The highest BCUT2D eigenvalue weighted by Gasteiger charge is 2.16. The molecule has 0 aliphatic rings. The lowest BCUT2D eigenvalue weighted by Gasteiger charge is -2.13. The zero-order valence-corrected chi connectivity index (χ0v) is 15.4. The quantitative estimate of drug-likeness (QED) is 0.608. The van der Waals surface area contributed by atoms with Crippen LogP contribution in [0.3, 0.4) is 0 Å². The Bertz CT molecular complexity index is 918. The van der Waals surface area contributed by atoms with E-state index in [-0.39, 0.29) is 5.97 Å². The van der Waals surface area contributed by atoms with Crippen LogP contribution in [0, 0.1) is 0 Å². The number of carbonyl (C=O) groups excluding carboxylic acids is 1. The van der Waals surface area contributed by atoms with Crippen LogP contribution in [0.1, 0.15) is 31.7 Å². The Hall–Kier alpha value is -2.89. The number of carbonyl (C=O) groups is 1. The molecule has 0 amide bonds. The second kappa shape index (κ2) is 7.99. The van der Waals surface area contributed by atoms with E-state index in [1.54, 1.807) is 14.0 Å². The first kappa shape index (κ1) is 17.9. The average Bonchev–Trinajstić information content (AvgIpc) is 3.05. The Balaban J connectivity index is 2.04. The molecule has 26 heavy (non-hydrogen) atoms. The van der Waals surface area contributed by atoms with Crippen LogP contribution in [-0.4, -0.2) is 34.2 Å². The van der Waals surface area contributed by atoms with E-state index in [2.05, 4.69) is 16.5 Å². The maximum atomic E-state index is 11.4. The second-order valence-corrected chi connectivity index (χ2v) is 5.87. The summed E-state index contributed by atoms with van der Waals surface area (Å²) in [7, 11) is 1.60. The molecule has 1 aromatic carbocycles. The molecule has 0 spiro atoms. The topological polar surface area (TPSA) is 66.2 Å². The lowest BCUT2D eigenvalue weighted by molar-refractivity contribution is -0.143. The van der Waals surface area contributed by atoms with Gasteiger partial charge in [0, 0.05) is 25.3 Å². The van der Waals surface area contributed by atoms with Gasteiger partial charge in [-0.3, -0.25) is 9.36 Å². The summed E-state index contributed by atoms with van der Waals surface area (Å²) in [5, 5.41) is 0. The standard InChI is InChI=1S/C20H23N3O3/c1-4-17-21-15-10-11-18(25-3)22-20(15)23(17)16-9-7-6-8-14(16)12-13-26-19(24)5-2/h6-11H,4-5,12-13H2,1-3H3. The van der Waals surface area contributed by atoms with Crippen molar-refractivity contribution in [2.45, 2.75) is 33.1 Å². The minimum atomic E-state index is -0.184. The van der Waals surface area contributed by atoms with Crippen molar-refractivity contribution in [2.75, 3.05) is 13.7 Å². The first-order valence-corrected chi connectivity index (χ1v) is 8.84. The van der Waals surface area contributed by atoms with Crippen LogP contribution in [-0.2, 0) is 22.4 Å². The third-order valence-corrected chi connectivity index (χ3v) is 4.23. The highest BCUT2D eigenvalue weighted by molar-refractivity contribution is 5.75. The Morgan fingerprint density at radius 1 is 1.12 bits per heavy atom. The Kier molecular flexibility index (Phi) is 5.51. The summed E-state index contributed by atoms with van der Waals surface area (Å²) >= 11 is 0. The van der Waals surface area contributed by atoms with Crippen molar-refractivity contribution in [3.8, 4) is 11.6 Å². The molecular formula is C20H23N3O3. The molecule has 6 heteroatoms. The van der Waals surface area contributed by atoms with Gasteiger partial charge in [0.25, 0.3) is 0 Å². The van der Waals surface area contributed by atoms with Gasteiger partial charge >= 0.3 is 5.97 Å². The van der Waals surface area contributed by atoms with Crippen molar-refractivity contribution in [1.82, 2.24) is 14.5 Å². The number of pyridine rings is 1. The summed E-state index contributed by atoms with van der Waals surface area (Å²) in [6.45, 7) is 4.22. The molecule has 0 saturated heterocycles. The Morgan fingerprint density at radius 2 is 1.92 bits per heavy atom. The van der Waals surface area contributed by atoms with Crippen molar-refractivity contribution in [3.05, 3.63) is 47.8 Å². The maximum absolute atomic E-state index is 11.4. The van der Waals surface area contributed by atoms with E-state index < -0.39 is 0 Å². The molecule has 3 rings (SSSR count). The molecule has 0 aliphatic heterocycles. The van der Waals surface area contributed by atoms with Crippen LogP contribution in [0.25, 0.3) is 16.9 Å². The summed E-state index contributed by atoms with van der Waals surface area (Å²) in [6.07, 6.45) is 1.80. The van der Waals surface area contributed by atoms with E-state index in [1.165, 1.54) is 0 Å². The van der Waals surface area contributed by atoms with Crippen molar-refractivity contribution in [1.29, 1.82) is 0 Å². The van der Waals surface area contributed by atoms with E-state index in [0.29, 0.717) is 25.3 Å². The maximum Gasteiger partial charge on any atom is 0.305 e. The number of hydrogen-bond acceptors (Lipinski definition) is 5. The van der Waals surface area contributed by atoms with Gasteiger partial charge < -0.3 is 9.47 Å². The van der Waals surface area contributed by atoms with Crippen molar-refractivity contribution < 1.29 is 14.3 Å². The number of para-hydroxylation sites is 1. The van der Waals surface area contributed by atoms with Crippen LogP contribution in [0.2, 0.25) is 0 Å². The minimum absolute atomic E-state index is 0.184. The molecule has 2 heterocycles. The van der Waals surface area contributed by atoms with Gasteiger partial charge in [0.15, 0.2) is 5.65 Å². The summed E-state index contributed by atoms with van der Waals surface area (Å²) in [4.78, 5) is 20.7. The molecular weight excluding hydrogens is 330 g/mol. The van der Waals surface area contributed by atoms with E-state index in [0.717, 1.165) is 34.7 Å². The van der Waals surface area contributed by atoms with E-state index >= 15 is 0 Å². The molecule has 0 N–H and O–H groups in total. The smallest absolute Gasteiger partial charge is 0.305 e. The van der Waals surface area contributed by atoms with Crippen LogP contribution < -0.4 is 4.74 Å². The highest BCUT2D eigenvalue weighted by Crippen LogP contribution is 2.25. The van der Waals surface area contributed by atoms with Gasteiger partial charge in [-0.1, -0.05) is 32.0 Å². The molecule has 0 unspecified atom stereocenters. The van der Waals surface area contributed by atoms with Gasteiger partial charge in [0.05, 0.1) is 19.4 Å². The zero-order valence-electron chi connectivity index (χ0n) is 15.4. The summed E-state index contributed by atoms with van der Waals surface area (Å²) in [5.41, 5.74) is 3.67. The molecule has 2 aromatic heterocycles. The zero-order chi connectivity index (χ0) is 18.5. The van der Waals surface area contributed by atoms with Crippen molar-refractivity contribution >= 4 is 17.1 Å². The number of methoxy groups -OCH3 is 1. The fourth-order valence-electron chi connectivity index (χ4n) is 2.91. The molecule has 0 radical (unpaired) electrons. The monoisotopic (exact) mass is 353 g/mol. The van der Waals surface area contributed by atoms with E-state index in [4.69, 9.17) is 14.5 Å². The molecule has 136 valence electrons. The number of fused-ring (bicyclic) bond motifs is 1. The summed E-state index contributed by atoms with van der Waals surface area (Å²) in [5.74, 6) is 1.30. The largest absolute Gasteiger partial charge is 0.481 e. The number of aryl methyl sites for hydroxylation is 1. The molecule has 6 nitrogen and oxygen atoms in total. The van der Waals surface area contributed by atoms with Crippen LogP contribution in [0.4, 0.5) is 0 Å². The van der Waals surface area contributed by atoms with Gasteiger partial charge in [0.1, 0.15) is 11.3 Å². The average molecular weight is 353 g/mol. The minimum Gasteiger partial charge on any atom is -0.481 e. The molecule has 0 fully saturated rings. The fraction of sp³-hybridized carbons (Fsp3) is 0.350. The predicted molar refractivity (Wildman–Crippen MR) is 99.7 cm³/mol. The van der Waals surface area contributed by atoms with Crippen molar-refractivity contribution in [2.24, 2.45) is 0 Å². The number of rotatable bonds is 7. The highest BCUT2D eigenvalue weighted by atomic mass is 16.5. The first-order chi connectivity index (χ1) is 12.7. The number of imidazole rings is 1. The molecule has 0 saturated carbocycles. The number of benzene rings is 1. The summed E-state index contributed by atoms with van der Waals surface area (Å²) < 4.78 is 12.6. The molecule has 0 aliphatic carbocycles. The van der Waals surface area contributed by atoms with Gasteiger partial charge in [0.2, 0.25) is 5.88 Å². The Morgan fingerprint density at radius 3 is 2.65 bits per heavy atom. The number of aromatic nitrogens is 3. The number of ether oxygens (including phenoxy) is 2. The molecule has 3 aromatic rings. The predicted octanol–water partition coefficient (Wildman–Crippen LogP) is 3.49. The number of nitrogens with zero attached hydrogens (tertiary/aromatic N) is 3. The van der Waals surface area contributed by atoms with Gasteiger partial charge in [-0.15, -0.1) is 0 Å². The van der Waals surface area contributed by atoms with Crippen LogP contribution in [0.15, 0.2) is 36.4 Å². The van der Waals surface area contributed by atoms with Crippen LogP contribution >= 0.6 is 0 Å². The normalized spacial score (nSPS) is 10.9. The van der Waals surface area contributed by atoms with Crippen LogP contribution in [0.5, 0.6) is 5.88 Å². The van der Waals surface area contributed by atoms with Gasteiger partial charge in [-0.05, 0) is 17.7 Å². The van der Waals surface area contributed by atoms with Gasteiger partial charge in [-0.25, -0.2) is 4.98 Å². The third-order valence-electron chi connectivity index (χ3n) is 4.23.